The quantitative estimate of drug-likeness (QED) is 0.629. The van der Waals surface area contributed by atoms with Gasteiger partial charge in [0.15, 0.2) is 6.61 Å². The number of hydrogen-bond acceptors (Lipinski definition) is 6. The van der Waals surface area contributed by atoms with Gasteiger partial charge in [-0.05, 0) is 43.7 Å². The number of piperazine rings is 1. The van der Waals surface area contributed by atoms with Crippen molar-refractivity contribution < 1.29 is 27.5 Å². The maximum absolute atomic E-state index is 12.7. The first-order valence-corrected chi connectivity index (χ1v) is 12.3. The van der Waals surface area contributed by atoms with Gasteiger partial charge in [0.2, 0.25) is 10.0 Å². The van der Waals surface area contributed by atoms with Crippen molar-refractivity contribution in [1.29, 1.82) is 0 Å². The highest BCUT2D eigenvalue weighted by atomic mass is 32.2. The summed E-state index contributed by atoms with van der Waals surface area (Å²) in [7, 11) is -3.71. The Morgan fingerprint density at radius 1 is 0.970 bits per heavy atom. The molecule has 1 N–H and O–H groups in total. The fraction of sp³-hybridized carbons (Fsp3) is 0.391. The predicted octanol–water partition coefficient (Wildman–Crippen LogP) is 2.41. The molecule has 178 valence electrons. The van der Waals surface area contributed by atoms with Crippen LogP contribution in [0.3, 0.4) is 0 Å². The number of nitrogens with one attached hydrogen (secondary N) is 1. The Labute approximate surface area is 194 Å². The van der Waals surface area contributed by atoms with Crippen LogP contribution in [-0.4, -0.2) is 69.6 Å². The Kier molecular flexibility index (Phi) is 8.29. The molecule has 0 aromatic heterocycles. The summed E-state index contributed by atoms with van der Waals surface area (Å²) in [6.45, 7) is 5.30. The van der Waals surface area contributed by atoms with Gasteiger partial charge < -0.3 is 19.3 Å². The molecule has 3 rings (SSSR count). The van der Waals surface area contributed by atoms with Gasteiger partial charge in [-0.2, -0.15) is 0 Å². The number of hydrogen-bond donors (Lipinski definition) is 1. The van der Waals surface area contributed by atoms with E-state index in [1.807, 2.05) is 30.3 Å². The lowest BCUT2D eigenvalue weighted by Gasteiger charge is -2.33. The number of rotatable bonds is 8. The SMILES string of the molecule is CCOC(=O)N1CCN(C(=O)COc2ccc(S(=O)(=O)N[C@H](C)c3ccccc3)cc2)CC1. The van der Waals surface area contributed by atoms with Crippen molar-refractivity contribution >= 4 is 22.0 Å². The molecule has 1 atom stereocenters. The average Bonchev–Trinajstić information content (AvgIpc) is 2.83. The summed E-state index contributed by atoms with van der Waals surface area (Å²) < 4.78 is 38.5. The van der Waals surface area contributed by atoms with Gasteiger partial charge in [0.25, 0.3) is 5.91 Å². The number of nitrogens with zero attached hydrogens (tertiary/aromatic N) is 2. The maximum atomic E-state index is 12.7. The minimum atomic E-state index is -3.71. The van der Waals surface area contributed by atoms with E-state index in [4.69, 9.17) is 9.47 Å². The monoisotopic (exact) mass is 475 g/mol. The molecule has 1 heterocycles. The summed E-state index contributed by atoms with van der Waals surface area (Å²) in [4.78, 5) is 27.5. The molecular formula is C23H29N3O6S. The van der Waals surface area contributed by atoms with E-state index in [2.05, 4.69) is 4.72 Å². The van der Waals surface area contributed by atoms with Crippen LogP contribution in [0.1, 0.15) is 25.5 Å². The van der Waals surface area contributed by atoms with Crippen LogP contribution in [-0.2, 0) is 19.6 Å². The van der Waals surface area contributed by atoms with Gasteiger partial charge >= 0.3 is 6.09 Å². The van der Waals surface area contributed by atoms with Crippen molar-refractivity contribution in [3.05, 3.63) is 60.2 Å². The summed E-state index contributed by atoms with van der Waals surface area (Å²) >= 11 is 0. The first-order valence-electron chi connectivity index (χ1n) is 10.8. The Morgan fingerprint density at radius 3 is 2.18 bits per heavy atom. The second-order valence-electron chi connectivity index (χ2n) is 7.58. The zero-order valence-electron chi connectivity index (χ0n) is 18.8. The van der Waals surface area contributed by atoms with E-state index in [-0.39, 0.29) is 29.5 Å². The van der Waals surface area contributed by atoms with Gasteiger partial charge in [0, 0.05) is 32.2 Å². The van der Waals surface area contributed by atoms with Crippen LogP contribution in [0.4, 0.5) is 4.79 Å². The number of carbonyl (C=O) groups is 2. The van der Waals surface area contributed by atoms with E-state index in [1.54, 1.807) is 23.6 Å². The molecule has 0 aliphatic carbocycles. The lowest BCUT2D eigenvalue weighted by molar-refractivity contribution is -0.134. The number of benzene rings is 2. The fourth-order valence-electron chi connectivity index (χ4n) is 3.42. The molecule has 2 aromatic rings. The smallest absolute Gasteiger partial charge is 0.409 e. The molecule has 0 bridgehead atoms. The van der Waals surface area contributed by atoms with Gasteiger partial charge in [0.05, 0.1) is 11.5 Å². The van der Waals surface area contributed by atoms with Crippen LogP contribution in [0.25, 0.3) is 0 Å². The third-order valence-corrected chi connectivity index (χ3v) is 6.84. The number of amides is 2. The van der Waals surface area contributed by atoms with E-state index >= 15 is 0 Å². The zero-order chi connectivity index (χ0) is 23.8. The lowest BCUT2D eigenvalue weighted by atomic mass is 10.1. The molecule has 0 saturated carbocycles. The zero-order valence-corrected chi connectivity index (χ0v) is 19.6. The second-order valence-corrected chi connectivity index (χ2v) is 9.29. The average molecular weight is 476 g/mol. The van der Waals surface area contributed by atoms with Gasteiger partial charge in [0.1, 0.15) is 5.75 Å². The van der Waals surface area contributed by atoms with Crippen molar-refractivity contribution in [2.75, 3.05) is 39.4 Å². The summed E-state index contributed by atoms with van der Waals surface area (Å²) in [6.07, 6.45) is -0.372. The Morgan fingerprint density at radius 2 is 1.58 bits per heavy atom. The van der Waals surface area contributed by atoms with Crippen molar-refractivity contribution in [2.45, 2.75) is 24.8 Å². The normalized spacial score (nSPS) is 15.1. The van der Waals surface area contributed by atoms with E-state index < -0.39 is 10.0 Å². The Bertz CT molecular complexity index is 1040. The molecule has 2 aromatic carbocycles. The molecule has 1 aliphatic rings. The molecule has 1 fully saturated rings. The first kappa shape index (κ1) is 24.5. The van der Waals surface area contributed by atoms with Crippen LogP contribution >= 0.6 is 0 Å². The molecular weight excluding hydrogens is 446 g/mol. The molecule has 1 saturated heterocycles. The predicted molar refractivity (Wildman–Crippen MR) is 122 cm³/mol. The van der Waals surface area contributed by atoms with E-state index in [9.17, 15) is 18.0 Å². The van der Waals surface area contributed by atoms with Gasteiger partial charge in [-0.1, -0.05) is 30.3 Å². The molecule has 1 aliphatic heterocycles. The summed E-state index contributed by atoms with van der Waals surface area (Å²) in [6, 6.07) is 14.8. The number of ether oxygens (including phenoxy) is 2. The molecule has 0 spiro atoms. The maximum Gasteiger partial charge on any atom is 0.409 e. The molecule has 9 nitrogen and oxygen atoms in total. The van der Waals surface area contributed by atoms with Gasteiger partial charge in [-0.15, -0.1) is 0 Å². The van der Waals surface area contributed by atoms with E-state index in [0.29, 0.717) is 38.5 Å². The van der Waals surface area contributed by atoms with Crippen LogP contribution in [0, 0.1) is 0 Å². The lowest BCUT2D eigenvalue weighted by Crippen LogP contribution is -2.51. The largest absolute Gasteiger partial charge is 0.484 e. The van der Waals surface area contributed by atoms with Crippen LogP contribution < -0.4 is 9.46 Å². The van der Waals surface area contributed by atoms with Crippen LogP contribution in [0.2, 0.25) is 0 Å². The topological polar surface area (TPSA) is 105 Å². The van der Waals surface area contributed by atoms with Crippen molar-refractivity contribution in [3.63, 3.8) is 0 Å². The summed E-state index contributed by atoms with van der Waals surface area (Å²) in [5.41, 5.74) is 0.864. The van der Waals surface area contributed by atoms with Gasteiger partial charge in [-0.3, -0.25) is 4.79 Å². The first-order chi connectivity index (χ1) is 15.8. The van der Waals surface area contributed by atoms with Crippen LogP contribution in [0.5, 0.6) is 5.75 Å². The molecule has 0 unspecified atom stereocenters. The Balaban J connectivity index is 1.49. The highest BCUT2D eigenvalue weighted by molar-refractivity contribution is 7.89. The van der Waals surface area contributed by atoms with Gasteiger partial charge in [-0.25, -0.2) is 17.9 Å². The highest BCUT2D eigenvalue weighted by Gasteiger charge is 2.25. The van der Waals surface area contributed by atoms with Crippen molar-refractivity contribution in [2.24, 2.45) is 0 Å². The third-order valence-electron chi connectivity index (χ3n) is 5.29. The van der Waals surface area contributed by atoms with E-state index in [0.717, 1.165) is 5.56 Å². The molecule has 33 heavy (non-hydrogen) atoms. The minimum Gasteiger partial charge on any atom is -0.484 e. The minimum absolute atomic E-state index is 0.110. The standard InChI is InChI=1S/C23H29N3O6S/c1-3-31-23(28)26-15-13-25(14-16-26)22(27)17-32-20-9-11-21(12-10-20)33(29,30)24-18(2)19-7-5-4-6-8-19/h4-12,18,24H,3,13-17H2,1-2H3/t18-/m1/s1. The molecule has 10 heteroatoms. The van der Waals surface area contributed by atoms with Crippen LogP contribution in [0.15, 0.2) is 59.5 Å². The number of carbonyl (C=O) groups excluding carboxylic acids is 2. The second kappa shape index (κ2) is 11.2. The third kappa shape index (κ3) is 6.69. The Hall–Kier alpha value is -3.11. The summed E-state index contributed by atoms with van der Waals surface area (Å²) in [5, 5.41) is 0. The fourth-order valence-corrected chi connectivity index (χ4v) is 4.65. The summed E-state index contributed by atoms with van der Waals surface area (Å²) in [5.74, 6) is 0.192. The van der Waals surface area contributed by atoms with Crippen molar-refractivity contribution in [1.82, 2.24) is 14.5 Å². The van der Waals surface area contributed by atoms with E-state index in [1.165, 1.54) is 24.3 Å². The van der Waals surface area contributed by atoms with Crippen molar-refractivity contribution in [3.8, 4) is 5.75 Å². The number of sulfonamides is 1. The molecule has 2 amide bonds. The molecule has 0 radical (unpaired) electrons. The highest BCUT2D eigenvalue weighted by Crippen LogP contribution is 2.19.